The minimum atomic E-state index is -1.48. The summed E-state index contributed by atoms with van der Waals surface area (Å²) in [4.78, 5) is 35.5. The Morgan fingerprint density at radius 2 is 1.23 bits per heavy atom. The number of ether oxygens (including phenoxy) is 5. The van der Waals surface area contributed by atoms with Crippen LogP contribution in [0.3, 0.4) is 0 Å². The van der Waals surface area contributed by atoms with Crippen LogP contribution >= 0.6 is 0 Å². The van der Waals surface area contributed by atoms with E-state index in [1.165, 1.54) is 135 Å². The summed E-state index contributed by atoms with van der Waals surface area (Å²) in [7, 11) is 0. The predicted octanol–water partition coefficient (Wildman–Crippen LogP) is 10.9. The number of amides is 3. The van der Waals surface area contributed by atoms with Gasteiger partial charge in [0.05, 0.1) is 39.6 Å². The van der Waals surface area contributed by atoms with Gasteiger partial charge in [0.25, 0.3) is 0 Å². The Morgan fingerprint density at radius 3 is 1.91 bits per heavy atom. The lowest BCUT2D eigenvalue weighted by Crippen LogP contribution is -2.59. The second-order valence-electron chi connectivity index (χ2n) is 24.6. The third kappa shape index (κ3) is 22.8. The summed E-state index contributed by atoms with van der Waals surface area (Å²) in [5.74, 6) is 5.36. The molecule has 3 amide bonds. The third-order valence-corrected chi connectivity index (χ3v) is 19.3. The van der Waals surface area contributed by atoms with Gasteiger partial charge in [0.1, 0.15) is 30.5 Å². The largest absolute Gasteiger partial charge is 0.446 e. The van der Waals surface area contributed by atoms with Crippen molar-refractivity contribution >= 4 is 17.9 Å². The average Bonchev–Trinajstić information content (AvgIpc) is 3.91. The fourth-order valence-corrected chi connectivity index (χ4v) is 14.4. The van der Waals surface area contributed by atoms with Gasteiger partial charge in [-0.2, -0.15) is 0 Å². The first kappa shape index (κ1) is 68.1. The van der Waals surface area contributed by atoms with Gasteiger partial charge in [-0.05, 0) is 149 Å². The number of rotatable bonds is 37. The Hall–Kier alpha value is -2.37. The van der Waals surface area contributed by atoms with E-state index in [0.29, 0.717) is 56.6 Å². The lowest BCUT2D eigenvalue weighted by Gasteiger charge is -2.61. The Morgan fingerprint density at radius 1 is 0.628 bits per heavy atom. The molecule has 7 N–H and O–H groups in total. The van der Waals surface area contributed by atoms with Crippen LogP contribution in [0.15, 0.2) is 12.2 Å². The molecule has 1 heterocycles. The number of aliphatic hydroxyl groups is 4. The van der Waals surface area contributed by atoms with Gasteiger partial charge in [-0.1, -0.05) is 124 Å². The van der Waals surface area contributed by atoms with Gasteiger partial charge in [0.15, 0.2) is 6.29 Å². The smallest absolute Gasteiger partial charge is 0.407 e. The maximum atomic E-state index is 12.7. The maximum absolute atomic E-state index is 12.7. The summed E-state index contributed by atoms with van der Waals surface area (Å²) in [6.45, 7) is 16.9. The molecule has 15 heteroatoms. The van der Waals surface area contributed by atoms with Crippen molar-refractivity contribution in [3.05, 3.63) is 12.2 Å². The van der Waals surface area contributed by atoms with Gasteiger partial charge in [0.2, 0.25) is 11.8 Å². The van der Waals surface area contributed by atoms with Gasteiger partial charge in [0, 0.05) is 32.5 Å². The van der Waals surface area contributed by atoms with Crippen molar-refractivity contribution in [1.29, 1.82) is 0 Å². The molecule has 1 saturated heterocycles. The van der Waals surface area contributed by atoms with Crippen LogP contribution < -0.4 is 16.0 Å². The van der Waals surface area contributed by atoms with Gasteiger partial charge >= 0.3 is 6.09 Å². The van der Waals surface area contributed by atoms with E-state index >= 15 is 0 Å². The van der Waals surface area contributed by atoms with E-state index in [0.717, 1.165) is 80.6 Å². The molecule has 5 aliphatic rings. The van der Waals surface area contributed by atoms with E-state index in [9.17, 15) is 29.7 Å². The molecular formula is C63H115N3O12. The van der Waals surface area contributed by atoms with Gasteiger partial charge < -0.3 is 60.1 Å². The summed E-state index contributed by atoms with van der Waals surface area (Å²) < 4.78 is 27.2. The van der Waals surface area contributed by atoms with Crippen molar-refractivity contribution in [3.63, 3.8) is 0 Å². The summed E-state index contributed by atoms with van der Waals surface area (Å²) in [6.07, 6.45) is 33.4. The first-order valence-corrected chi connectivity index (χ1v) is 31.9. The van der Waals surface area contributed by atoms with Crippen molar-refractivity contribution in [2.45, 2.75) is 265 Å². The number of allylic oxidation sites excluding steroid dienone is 2. The highest BCUT2D eigenvalue weighted by molar-refractivity contribution is 5.76. The zero-order valence-electron chi connectivity index (χ0n) is 50.0. The van der Waals surface area contributed by atoms with Crippen LogP contribution in [0.2, 0.25) is 0 Å². The van der Waals surface area contributed by atoms with Crippen molar-refractivity contribution in [3.8, 4) is 0 Å². The van der Waals surface area contributed by atoms with Crippen molar-refractivity contribution in [2.24, 2.45) is 46.3 Å². The second kappa shape index (κ2) is 38.4. The van der Waals surface area contributed by atoms with Crippen LogP contribution in [0.4, 0.5) is 4.79 Å². The quantitative estimate of drug-likeness (QED) is 0.0229. The Balaban J connectivity index is 0.000000354. The molecule has 0 bridgehead atoms. The van der Waals surface area contributed by atoms with Crippen LogP contribution in [0.1, 0.15) is 228 Å². The molecule has 6 unspecified atom stereocenters. The highest BCUT2D eigenvalue weighted by Crippen LogP contribution is 2.68. The lowest BCUT2D eigenvalue weighted by molar-refractivity contribution is -0.302. The molecule has 5 rings (SSSR count). The van der Waals surface area contributed by atoms with Gasteiger partial charge in [-0.15, -0.1) is 0 Å². The highest BCUT2D eigenvalue weighted by atomic mass is 16.7. The number of unbranched alkanes of at least 4 members (excludes halogenated alkanes) is 14. The normalized spacial score (nSPS) is 30.8. The summed E-state index contributed by atoms with van der Waals surface area (Å²) in [5.41, 5.74) is 1.04. The van der Waals surface area contributed by atoms with Gasteiger partial charge in [-0.3, -0.25) is 9.59 Å². The monoisotopic (exact) mass is 1110 g/mol. The summed E-state index contributed by atoms with van der Waals surface area (Å²) in [5, 5.41) is 47.0. The van der Waals surface area contributed by atoms with E-state index in [1.807, 2.05) is 6.92 Å². The van der Waals surface area contributed by atoms with Crippen LogP contribution in [-0.4, -0.2) is 134 Å². The molecule has 0 aromatic heterocycles. The molecule has 0 spiro atoms. The number of carbonyl (C=O) groups is 3. The lowest BCUT2D eigenvalue weighted by atomic mass is 9.44. The van der Waals surface area contributed by atoms with E-state index < -0.39 is 37.3 Å². The SMILES string of the molecule is CCC(=O)NCCCCCC(=O)NCCOCCOCCO[C@H]1OC(CO)[C@@H](O)[C@H](O)C1O.CCCCCCCC/C=C\CCCCCCCCNC(=O)O[C@@H]1CC[C@@]2(C)C(CCC3C2CC[C@@]2(C)C3CC[C@@H]2[C@H](C)CC)C1. The van der Waals surface area contributed by atoms with Crippen LogP contribution in [0.25, 0.3) is 0 Å². The van der Waals surface area contributed by atoms with E-state index in [2.05, 4.69) is 62.7 Å². The van der Waals surface area contributed by atoms with Crippen LogP contribution in [-0.2, 0) is 33.3 Å². The number of hydrogen-bond acceptors (Lipinski definition) is 12. The number of hydrogen-bond donors (Lipinski definition) is 7. The molecule has 1 aliphatic heterocycles. The van der Waals surface area contributed by atoms with E-state index in [4.69, 9.17) is 28.8 Å². The number of carbonyl (C=O) groups excluding carboxylic acids is 3. The molecule has 15 nitrogen and oxygen atoms in total. The van der Waals surface area contributed by atoms with Crippen LogP contribution in [0, 0.1) is 46.3 Å². The van der Waals surface area contributed by atoms with E-state index in [-0.39, 0.29) is 37.2 Å². The first-order valence-electron chi connectivity index (χ1n) is 31.9. The molecule has 4 saturated carbocycles. The molecular weight excluding hydrogens is 991 g/mol. The fourth-order valence-electron chi connectivity index (χ4n) is 14.4. The molecule has 14 atom stereocenters. The Labute approximate surface area is 473 Å². The number of alkyl carbamates (subject to hydrolysis) is 1. The minimum absolute atomic E-state index is 0.0298. The summed E-state index contributed by atoms with van der Waals surface area (Å²) >= 11 is 0. The highest BCUT2D eigenvalue weighted by Gasteiger charge is 2.60. The second-order valence-corrected chi connectivity index (χ2v) is 24.6. The Kier molecular flexibility index (Phi) is 33.6. The van der Waals surface area contributed by atoms with Crippen molar-refractivity contribution in [2.75, 3.05) is 59.3 Å². The zero-order valence-corrected chi connectivity index (χ0v) is 50.0. The first-order chi connectivity index (χ1) is 37.7. The Bertz CT molecular complexity index is 1660. The number of fused-ring (bicyclic) bond motifs is 5. The topological polar surface area (TPSA) is 214 Å². The molecule has 5 fully saturated rings. The molecule has 0 radical (unpaired) electrons. The predicted molar refractivity (Wildman–Crippen MR) is 309 cm³/mol. The van der Waals surface area contributed by atoms with Crippen molar-refractivity contribution < 1.29 is 58.5 Å². The average molecular weight is 1110 g/mol. The third-order valence-electron chi connectivity index (χ3n) is 19.3. The molecule has 0 aromatic carbocycles. The maximum Gasteiger partial charge on any atom is 0.407 e. The fraction of sp³-hybridized carbons (Fsp3) is 0.921. The minimum Gasteiger partial charge on any atom is -0.446 e. The molecule has 454 valence electrons. The standard InChI is InChI=1S/C42H75NO2.C21H40N2O10/c1-6-8-9-10-11-12-13-14-15-16-17-18-19-20-21-22-31-43-40(44)45-35-27-29-41(4)34(32-35)23-24-36-38-26-25-37(33(3)7-2)42(38,5)30-28-39(36)41;1-2-16(25)22-7-5-3-4-6-17(26)23-8-9-30-10-11-31-12-13-32-21-20(29)19(28)18(27)15(14-24)33-21/h14-15,33-39H,6-13,16-32H2,1-5H3,(H,43,44);15,18-21,24,27-29H,2-14H2,1H3,(H,22,25)(H,23,26)/b15-14-;/t33-,34?,35-,36?,37-,38?,39?,41+,42-;15?,18-,19+,20?,21+/m11/s1. The van der Waals surface area contributed by atoms with Crippen LogP contribution in [0.5, 0.6) is 0 Å². The van der Waals surface area contributed by atoms with Gasteiger partial charge in [-0.25, -0.2) is 4.79 Å². The zero-order chi connectivity index (χ0) is 56.6. The molecule has 78 heavy (non-hydrogen) atoms. The molecule has 0 aromatic rings. The number of aliphatic hydroxyl groups excluding tert-OH is 4. The van der Waals surface area contributed by atoms with E-state index in [1.54, 1.807) is 0 Å². The summed E-state index contributed by atoms with van der Waals surface area (Å²) in [6, 6.07) is 0. The number of nitrogens with one attached hydrogen (secondary N) is 3. The van der Waals surface area contributed by atoms with Crippen molar-refractivity contribution in [1.82, 2.24) is 16.0 Å². The molecule has 4 aliphatic carbocycles.